The van der Waals surface area contributed by atoms with Gasteiger partial charge < -0.3 is 38.7 Å². The Hall–Kier alpha value is -10.9. The predicted molar refractivity (Wildman–Crippen MR) is 498 cm³/mol. The monoisotopic (exact) mass is 1810 g/mol. The van der Waals surface area contributed by atoms with E-state index in [1.165, 1.54) is 77.2 Å². The molecule has 4 aliphatic carbocycles. The number of sulfonamides is 2. The Morgan fingerprint density at radius 3 is 1.43 bits per heavy atom. The van der Waals surface area contributed by atoms with Gasteiger partial charge in [0.05, 0.1) is 67.5 Å². The van der Waals surface area contributed by atoms with Crippen molar-refractivity contribution in [3.8, 4) is 34.5 Å². The first-order valence-corrected chi connectivity index (χ1v) is 48.6. The Labute approximate surface area is 756 Å². The standard InChI is InChI=1S/C50H57ClN6O7S.C48H53ClN6O7S/c1-32-4-6-33(7-5-32)22-34-23-43-45(57(59)60)26-41(27-46(43)63-31-34)65(61,62)54-49(58)42-13-12-39(25-47(42)64-40-24-36-15-17-52-48(36)53-29-40)56-20-18-55(19-21-56)30-37-14-16-50(2,3)28-44(37)35-8-10-38(51)11-9-35;1-48(2)16-14-34(42(27-48)32-8-10-36(49)11-9-32)29-53-18-20-54(21-19-53)37-12-13-40(45(24-37)62-38-22-33-15-17-50-46(33)51-28-38)47(56)52-63(59,60)39-25-43(55(57)58)41-23-35(30-61-44(41)26-39)31-6-4-3-5-7-31/h8-13,15,17,24-27,29,32-34H,4-7,14,16,18-23,28,30-31H2,1-3H3,(H,52,53)(H,54,58);8-13,15,17,22,24-26,28,31,35H,3-7,14,16,18-21,23,27,29-30H2,1-2H3,(H,50,51)(H,52,56)/t32?,33?,34-;35-/m00/s1. The van der Waals surface area contributed by atoms with Gasteiger partial charge in [-0.05, 0) is 187 Å². The Balaban J connectivity index is 0.000000180. The van der Waals surface area contributed by atoms with Gasteiger partial charge in [-0.2, -0.15) is 0 Å². The number of rotatable bonds is 23. The molecule has 0 radical (unpaired) electrons. The van der Waals surface area contributed by atoms with E-state index in [0.29, 0.717) is 71.8 Å². The predicted octanol–water partition coefficient (Wildman–Crippen LogP) is 20.5. The van der Waals surface area contributed by atoms with Crippen molar-refractivity contribution in [1.29, 1.82) is 0 Å². The third kappa shape index (κ3) is 20.7. The number of aromatic amines is 2. The lowest BCUT2D eigenvalue weighted by molar-refractivity contribution is -0.386. The summed E-state index contributed by atoms with van der Waals surface area (Å²) in [5, 5.41) is 27.8. The zero-order chi connectivity index (χ0) is 89.3. The molecule has 26 nitrogen and oxygen atoms in total. The summed E-state index contributed by atoms with van der Waals surface area (Å²) in [5.41, 5.74) is 11.7. The molecule has 6 aromatic carbocycles. The van der Waals surface area contributed by atoms with Crippen molar-refractivity contribution in [3.05, 3.63) is 233 Å². The number of aromatic nitrogens is 4. The summed E-state index contributed by atoms with van der Waals surface area (Å²) in [6.07, 6.45) is 25.0. The number of allylic oxidation sites excluding steroid dienone is 2. The molecule has 18 rings (SSSR count). The zero-order valence-corrected chi connectivity index (χ0v) is 76.1. The second-order valence-corrected chi connectivity index (χ2v) is 42.0. The van der Waals surface area contributed by atoms with Gasteiger partial charge in [-0.3, -0.25) is 39.6 Å². The van der Waals surface area contributed by atoms with E-state index in [1.54, 1.807) is 60.9 Å². The minimum Gasteiger partial charge on any atom is -0.493 e. The molecule has 128 heavy (non-hydrogen) atoms. The first kappa shape index (κ1) is 89.1. The molecule has 672 valence electrons. The van der Waals surface area contributed by atoms with Crippen LogP contribution in [0.25, 0.3) is 33.2 Å². The second-order valence-electron chi connectivity index (χ2n) is 37.8. The van der Waals surface area contributed by atoms with Gasteiger partial charge >= 0.3 is 0 Å². The Kier molecular flexibility index (Phi) is 26.2. The van der Waals surface area contributed by atoms with Crippen molar-refractivity contribution < 1.29 is 55.2 Å². The van der Waals surface area contributed by atoms with E-state index < -0.39 is 51.5 Å². The molecular weight excluding hydrogens is 1700 g/mol. The number of hydrogen-bond acceptors (Lipinski definition) is 20. The van der Waals surface area contributed by atoms with E-state index in [0.717, 1.165) is 199 Å². The summed E-state index contributed by atoms with van der Waals surface area (Å²) in [5.74, 6) is 1.30. The van der Waals surface area contributed by atoms with E-state index in [4.69, 9.17) is 42.1 Å². The quantitative estimate of drug-likeness (QED) is 0.0341. The number of hydrogen-bond donors (Lipinski definition) is 4. The molecule has 2 saturated carbocycles. The highest BCUT2D eigenvalue weighted by molar-refractivity contribution is 7.90. The number of amides is 2. The molecule has 0 spiro atoms. The van der Waals surface area contributed by atoms with Crippen LogP contribution in [0.15, 0.2) is 179 Å². The van der Waals surface area contributed by atoms with Gasteiger partial charge in [0.2, 0.25) is 0 Å². The Bertz CT molecular complexity index is 6170. The van der Waals surface area contributed by atoms with E-state index in [9.17, 15) is 46.7 Å². The summed E-state index contributed by atoms with van der Waals surface area (Å²) in [6.45, 7) is 20.3. The van der Waals surface area contributed by atoms with E-state index in [-0.39, 0.29) is 68.2 Å². The summed E-state index contributed by atoms with van der Waals surface area (Å²) < 4.78 is 84.9. The normalized spacial score (nSPS) is 20.6. The number of halogens is 2. The fourth-order valence-electron chi connectivity index (χ4n) is 20.1. The van der Waals surface area contributed by atoms with Gasteiger partial charge in [-0.15, -0.1) is 0 Å². The van der Waals surface area contributed by atoms with Crippen LogP contribution in [0.4, 0.5) is 22.7 Å². The second kappa shape index (κ2) is 37.7. The maximum absolute atomic E-state index is 14.1. The molecule has 30 heteroatoms. The van der Waals surface area contributed by atoms with E-state index >= 15 is 0 Å². The van der Waals surface area contributed by atoms with Gasteiger partial charge in [0.15, 0.2) is 0 Å². The smallest absolute Gasteiger partial charge is 0.277 e. The van der Waals surface area contributed by atoms with Crippen molar-refractivity contribution in [2.75, 3.05) is 88.5 Å². The molecule has 10 aromatic rings. The average Bonchev–Trinajstić information content (AvgIpc) is 0.870. The molecular formula is C98H110Cl2N12O14S2. The zero-order valence-electron chi connectivity index (χ0n) is 73.0. The lowest BCUT2D eigenvalue weighted by Gasteiger charge is -2.39. The summed E-state index contributed by atoms with van der Waals surface area (Å²) in [7, 11) is -9.21. The van der Waals surface area contributed by atoms with Crippen molar-refractivity contribution >= 4 is 111 Å². The number of anilines is 2. The number of piperazine rings is 2. The molecule has 8 aliphatic rings. The van der Waals surface area contributed by atoms with Crippen molar-refractivity contribution in [1.82, 2.24) is 39.2 Å². The van der Waals surface area contributed by atoms with Gasteiger partial charge in [-0.25, -0.2) is 36.2 Å². The number of pyridine rings is 2. The number of ether oxygens (including phenoxy) is 4. The highest BCUT2D eigenvalue weighted by Crippen LogP contribution is 2.49. The van der Waals surface area contributed by atoms with Crippen molar-refractivity contribution in [2.24, 2.45) is 40.4 Å². The molecule has 4 N–H and O–H groups in total. The first-order valence-electron chi connectivity index (χ1n) is 44.9. The van der Waals surface area contributed by atoms with Crippen LogP contribution in [-0.2, 0) is 32.9 Å². The summed E-state index contributed by atoms with van der Waals surface area (Å²) in [4.78, 5) is 75.4. The molecule has 4 fully saturated rings. The number of nitrogens with one attached hydrogen (secondary N) is 4. The number of fused-ring (bicyclic) bond motifs is 4. The average molecular weight is 1820 g/mol. The van der Waals surface area contributed by atoms with Gasteiger partial charge in [0.25, 0.3) is 43.2 Å². The van der Waals surface area contributed by atoms with Crippen LogP contribution < -0.4 is 38.2 Å². The van der Waals surface area contributed by atoms with Crippen molar-refractivity contribution in [2.45, 2.75) is 160 Å². The lowest BCUT2D eigenvalue weighted by atomic mass is 9.72. The topological polar surface area (TPSA) is 320 Å². The van der Waals surface area contributed by atoms with Crippen LogP contribution in [0.1, 0.15) is 180 Å². The largest absolute Gasteiger partial charge is 0.493 e. The number of carbonyl (C=O) groups excluding carboxylic acids is 2. The molecule has 4 aromatic heterocycles. The fraction of sp³-hybridized carbons (Fsp3) is 0.429. The van der Waals surface area contributed by atoms with Gasteiger partial charge in [0.1, 0.15) is 45.8 Å². The molecule has 2 atom stereocenters. The van der Waals surface area contributed by atoms with Gasteiger partial charge in [0, 0.05) is 152 Å². The molecule has 2 saturated heterocycles. The molecule has 8 heterocycles. The van der Waals surface area contributed by atoms with E-state index in [1.807, 2.05) is 36.4 Å². The van der Waals surface area contributed by atoms with Crippen LogP contribution in [0.5, 0.6) is 34.5 Å². The number of H-pyrrole nitrogens is 2. The number of nitrogens with zero attached hydrogens (tertiary/aromatic N) is 8. The Morgan fingerprint density at radius 2 is 0.977 bits per heavy atom. The van der Waals surface area contributed by atoms with Crippen LogP contribution in [0.2, 0.25) is 10.0 Å². The van der Waals surface area contributed by atoms with Gasteiger partial charge in [-0.1, -0.05) is 151 Å². The van der Waals surface area contributed by atoms with Crippen LogP contribution in [-0.4, -0.2) is 147 Å². The lowest BCUT2D eigenvalue weighted by Crippen LogP contribution is -2.47. The number of carbonyl (C=O) groups is 2. The maximum atomic E-state index is 14.1. The molecule has 0 unspecified atom stereocenters. The van der Waals surface area contributed by atoms with E-state index in [2.05, 4.69) is 108 Å². The molecule has 0 bridgehead atoms. The molecule has 4 aliphatic heterocycles. The third-order valence-corrected chi connectivity index (χ3v) is 30.6. The highest BCUT2D eigenvalue weighted by atomic mass is 35.5. The number of nitro groups is 2. The summed E-state index contributed by atoms with van der Waals surface area (Å²) in [6, 6.07) is 38.5. The Morgan fingerprint density at radius 1 is 0.531 bits per heavy atom. The fourth-order valence-corrected chi connectivity index (χ4v) is 22.4. The first-order chi connectivity index (χ1) is 61.4. The van der Waals surface area contributed by atoms with Crippen LogP contribution in [0.3, 0.4) is 0 Å². The minimum absolute atomic E-state index is 0.0314. The minimum atomic E-state index is -4.61. The number of nitro benzene ring substituents is 2. The molecule has 2 amide bonds. The number of benzene rings is 6. The SMILES string of the molecule is CC1(C)CCC(CN2CCN(c3ccc(C(=O)NS(=O)(=O)c4cc5c(c([N+](=O)[O-])c4)C[C@H](C4CCCCC4)CO5)c(Oc4cnc5[nH]ccc5c4)c3)CC2)=C(c2ccc(Cl)cc2)C1.CC1CCC(C[C@@H]2COc3cc(S(=O)(=O)NC(=O)c4ccc(N5CCN(CC6=C(c7ccc(Cl)cc7)CC(C)(C)CC6)CC5)cc4Oc4cnc5[nH]ccc5c4)cc([N+](=O)[O-])c3C2)CC1. The maximum Gasteiger partial charge on any atom is 0.277 e. The third-order valence-electron chi connectivity index (χ3n) is 27.5. The van der Waals surface area contributed by atoms with Crippen molar-refractivity contribution in [3.63, 3.8) is 0 Å². The van der Waals surface area contributed by atoms with Crippen LogP contribution in [0, 0.1) is 60.6 Å². The summed E-state index contributed by atoms with van der Waals surface area (Å²) >= 11 is 12.5. The van der Waals surface area contributed by atoms with Crippen LogP contribution >= 0.6 is 23.2 Å². The highest BCUT2D eigenvalue weighted by Gasteiger charge is 2.40.